The minimum absolute atomic E-state index is 0.0997. The summed E-state index contributed by atoms with van der Waals surface area (Å²) >= 11 is 16.7. The standard InChI is InChI=1S/C46H50Cl2N4O6S2/c1-4-5-14-49-24-34-20-38(47)42(22-40(34)57-28-44-51-16-18-59-44)55-26-32-9-6-11-36(30(32)2)37-12-7-10-33(31(37)3)27-56-43-23-41(58-29-45-52-17-19-60-45)35(21-39(43)48)25-50-15-8-13-46(53)54/h6-7,9-12,16-23,49-50H,4-5,8,13-15,24-29H2,1-3H3,(H,53,54). The van der Waals surface area contributed by atoms with Crippen LogP contribution in [0.25, 0.3) is 11.1 Å². The molecule has 316 valence electrons. The van der Waals surface area contributed by atoms with Crippen LogP contribution in [-0.4, -0.2) is 34.1 Å². The van der Waals surface area contributed by atoms with Crippen LogP contribution in [0.15, 0.2) is 83.8 Å². The first kappa shape index (κ1) is 44.9. The molecule has 0 amide bonds. The van der Waals surface area contributed by atoms with Crippen molar-refractivity contribution >= 4 is 51.8 Å². The zero-order valence-corrected chi connectivity index (χ0v) is 37.2. The third kappa shape index (κ3) is 12.7. The van der Waals surface area contributed by atoms with Gasteiger partial charge in [0.15, 0.2) is 0 Å². The lowest BCUT2D eigenvalue weighted by Gasteiger charge is -2.19. The van der Waals surface area contributed by atoms with E-state index in [0.29, 0.717) is 78.9 Å². The van der Waals surface area contributed by atoms with Gasteiger partial charge in [0.25, 0.3) is 0 Å². The summed E-state index contributed by atoms with van der Waals surface area (Å²) in [6.07, 6.45) is 6.35. The quantitative estimate of drug-likeness (QED) is 0.0506. The number of ether oxygens (including phenoxy) is 4. The summed E-state index contributed by atoms with van der Waals surface area (Å²) in [5.74, 6) is 1.57. The molecule has 0 fully saturated rings. The Morgan fingerprint density at radius 2 is 1.12 bits per heavy atom. The van der Waals surface area contributed by atoms with Gasteiger partial charge in [-0.15, -0.1) is 22.7 Å². The normalized spacial score (nSPS) is 11.2. The fourth-order valence-electron chi connectivity index (χ4n) is 6.53. The zero-order valence-electron chi connectivity index (χ0n) is 34.0. The minimum atomic E-state index is -0.818. The van der Waals surface area contributed by atoms with Gasteiger partial charge in [0.1, 0.15) is 59.4 Å². The van der Waals surface area contributed by atoms with E-state index in [1.165, 1.54) is 11.3 Å². The molecule has 60 heavy (non-hydrogen) atoms. The van der Waals surface area contributed by atoms with Crippen molar-refractivity contribution in [1.82, 2.24) is 20.6 Å². The van der Waals surface area contributed by atoms with Crippen molar-refractivity contribution in [1.29, 1.82) is 0 Å². The number of nitrogens with zero attached hydrogens (tertiary/aromatic N) is 2. The summed E-state index contributed by atoms with van der Waals surface area (Å²) in [5, 5.41) is 22.3. The first-order valence-corrected chi connectivity index (χ1v) is 22.4. The van der Waals surface area contributed by atoms with Gasteiger partial charge < -0.3 is 34.7 Å². The molecule has 0 atom stereocenters. The molecule has 2 aromatic heterocycles. The molecule has 0 aliphatic heterocycles. The smallest absolute Gasteiger partial charge is 0.303 e. The van der Waals surface area contributed by atoms with Gasteiger partial charge in [0, 0.05) is 65.9 Å². The highest BCUT2D eigenvalue weighted by Crippen LogP contribution is 2.37. The Kier molecular flexibility index (Phi) is 17.0. The Hall–Kier alpha value is -4.69. The van der Waals surface area contributed by atoms with Crippen LogP contribution >= 0.6 is 45.9 Å². The summed E-state index contributed by atoms with van der Waals surface area (Å²) < 4.78 is 25.2. The Morgan fingerprint density at radius 3 is 1.55 bits per heavy atom. The van der Waals surface area contributed by atoms with E-state index in [4.69, 9.17) is 47.3 Å². The molecular formula is C46H50Cl2N4O6S2. The predicted molar refractivity (Wildman–Crippen MR) is 241 cm³/mol. The van der Waals surface area contributed by atoms with Crippen molar-refractivity contribution in [2.45, 2.75) is 86.0 Å². The third-order valence-corrected chi connectivity index (χ3v) is 12.0. The molecule has 2 heterocycles. The summed E-state index contributed by atoms with van der Waals surface area (Å²) in [6, 6.07) is 19.9. The fraction of sp³-hybridized carbons (Fsp3) is 0.326. The van der Waals surface area contributed by atoms with Gasteiger partial charge in [-0.05, 0) is 85.3 Å². The number of benzene rings is 4. The highest BCUT2D eigenvalue weighted by Gasteiger charge is 2.17. The molecule has 3 N–H and O–H groups in total. The number of thiazole rings is 2. The summed E-state index contributed by atoms with van der Waals surface area (Å²) in [7, 11) is 0. The monoisotopic (exact) mass is 888 g/mol. The summed E-state index contributed by atoms with van der Waals surface area (Å²) in [5.41, 5.74) is 8.24. The maximum absolute atomic E-state index is 10.9. The van der Waals surface area contributed by atoms with Crippen molar-refractivity contribution in [2.75, 3.05) is 13.1 Å². The number of hydrogen-bond donors (Lipinski definition) is 3. The number of aromatic nitrogens is 2. The average Bonchev–Trinajstić information content (AvgIpc) is 3.97. The zero-order chi connectivity index (χ0) is 42.3. The molecular weight excluding hydrogens is 840 g/mol. The molecule has 10 nitrogen and oxygen atoms in total. The fourth-order valence-corrected chi connectivity index (χ4v) is 8.07. The molecule has 0 radical (unpaired) electrons. The lowest BCUT2D eigenvalue weighted by Crippen LogP contribution is -2.16. The number of halogens is 2. The van der Waals surface area contributed by atoms with E-state index in [1.54, 1.807) is 23.7 Å². The van der Waals surface area contributed by atoms with Crippen LogP contribution in [-0.2, 0) is 44.3 Å². The van der Waals surface area contributed by atoms with Crippen LogP contribution in [0.3, 0.4) is 0 Å². The molecule has 14 heteroatoms. The predicted octanol–water partition coefficient (Wildman–Crippen LogP) is 11.4. The highest BCUT2D eigenvalue weighted by molar-refractivity contribution is 7.09. The minimum Gasteiger partial charge on any atom is -0.487 e. The third-order valence-electron chi connectivity index (χ3n) is 9.93. The van der Waals surface area contributed by atoms with E-state index >= 15 is 0 Å². The van der Waals surface area contributed by atoms with Crippen molar-refractivity contribution in [3.8, 4) is 34.1 Å². The first-order valence-electron chi connectivity index (χ1n) is 19.9. The van der Waals surface area contributed by atoms with Gasteiger partial charge in [0.2, 0.25) is 0 Å². The van der Waals surface area contributed by atoms with Crippen molar-refractivity contribution in [3.05, 3.63) is 137 Å². The topological polar surface area (TPSA) is 124 Å². The van der Waals surface area contributed by atoms with E-state index < -0.39 is 5.97 Å². The second-order valence-corrected chi connectivity index (χ2v) is 16.9. The van der Waals surface area contributed by atoms with E-state index in [9.17, 15) is 4.79 Å². The highest BCUT2D eigenvalue weighted by atomic mass is 35.5. The van der Waals surface area contributed by atoms with Crippen LogP contribution < -0.4 is 29.6 Å². The van der Waals surface area contributed by atoms with Crippen molar-refractivity contribution < 1.29 is 28.8 Å². The van der Waals surface area contributed by atoms with Gasteiger partial charge in [0.05, 0.1) is 10.0 Å². The molecule has 0 bridgehead atoms. The average molecular weight is 890 g/mol. The van der Waals surface area contributed by atoms with Gasteiger partial charge in [-0.1, -0.05) is 72.9 Å². The Bertz CT molecular complexity index is 2310. The molecule has 0 spiro atoms. The van der Waals surface area contributed by atoms with Gasteiger partial charge in [-0.3, -0.25) is 4.79 Å². The second-order valence-electron chi connectivity index (χ2n) is 14.2. The number of carboxylic acids is 1. The number of hydrogen-bond acceptors (Lipinski definition) is 11. The lowest BCUT2D eigenvalue weighted by molar-refractivity contribution is -0.137. The molecule has 0 aliphatic carbocycles. The van der Waals surface area contributed by atoms with Gasteiger partial charge in [-0.25, -0.2) is 9.97 Å². The Labute approximate surface area is 369 Å². The largest absolute Gasteiger partial charge is 0.487 e. The van der Waals surface area contributed by atoms with Crippen LogP contribution in [0, 0.1) is 13.8 Å². The lowest BCUT2D eigenvalue weighted by atomic mass is 9.92. The van der Waals surface area contributed by atoms with E-state index in [0.717, 1.165) is 73.9 Å². The van der Waals surface area contributed by atoms with Crippen LogP contribution in [0.5, 0.6) is 23.0 Å². The van der Waals surface area contributed by atoms with Gasteiger partial charge in [-0.2, -0.15) is 0 Å². The maximum atomic E-state index is 10.9. The molecule has 6 rings (SSSR count). The molecule has 0 saturated carbocycles. The first-order chi connectivity index (χ1) is 29.2. The Morgan fingerprint density at radius 1 is 0.650 bits per heavy atom. The number of unbranched alkanes of at least 4 members (excludes halogenated alkanes) is 1. The van der Waals surface area contributed by atoms with E-state index in [1.807, 2.05) is 41.1 Å². The van der Waals surface area contributed by atoms with Gasteiger partial charge >= 0.3 is 5.97 Å². The second kappa shape index (κ2) is 22.8. The van der Waals surface area contributed by atoms with E-state index in [-0.39, 0.29) is 13.0 Å². The van der Waals surface area contributed by atoms with Crippen LogP contribution in [0.1, 0.15) is 76.0 Å². The number of aliphatic carboxylic acids is 1. The number of carboxylic acid groups (broad SMARTS) is 1. The number of carbonyl (C=O) groups is 1. The molecule has 0 saturated heterocycles. The summed E-state index contributed by atoms with van der Waals surface area (Å²) in [4.78, 5) is 19.6. The van der Waals surface area contributed by atoms with E-state index in [2.05, 4.69) is 71.7 Å². The Balaban J connectivity index is 1.15. The molecule has 4 aromatic carbocycles. The summed E-state index contributed by atoms with van der Waals surface area (Å²) in [6.45, 7) is 10.2. The van der Waals surface area contributed by atoms with Crippen LogP contribution in [0.2, 0.25) is 10.0 Å². The van der Waals surface area contributed by atoms with Crippen LogP contribution in [0.4, 0.5) is 0 Å². The SMILES string of the molecule is CCCCNCc1cc(Cl)c(OCc2cccc(-c3cccc(COc4cc(OCc5nccs5)c(CNCCCC(=O)O)cc4Cl)c3C)c2C)cc1OCc1nccs1. The van der Waals surface area contributed by atoms with Crippen molar-refractivity contribution in [3.63, 3.8) is 0 Å². The molecule has 6 aromatic rings. The molecule has 0 unspecified atom stereocenters. The van der Waals surface area contributed by atoms with Crippen molar-refractivity contribution in [2.24, 2.45) is 0 Å². The maximum Gasteiger partial charge on any atom is 0.303 e. The number of nitrogens with one attached hydrogen (secondary N) is 2. The number of rotatable bonds is 24. The molecule has 0 aliphatic rings.